The molecule has 27 heavy (non-hydrogen) atoms. The predicted molar refractivity (Wildman–Crippen MR) is 111 cm³/mol. The van der Waals surface area contributed by atoms with E-state index in [1.807, 2.05) is 6.07 Å². The summed E-state index contributed by atoms with van der Waals surface area (Å²) in [6, 6.07) is 1.83. The van der Waals surface area contributed by atoms with Crippen LogP contribution in [-0.4, -0.2) is 45.4 Å². The average Bonchev–Trinajstić information content (AvgIpc) is 2.90. The Kier molecular flexibility index (Phi) is 5.39. The highest BCUT2D eigenvalue weighted by molar-refractivity contribution is 6.90. The second-order valence-electron chi connectivity index (χ2n) is 9.26. The van der Waals surface area contributed by atoms with E-state index in [0.29, 0.717) is 5.75 Å². The number of fused-ring (bicyclic) bond motifs is 1. The minimum Gasteiger partial charge on any atom is -0.497 e. The van der Waals surface area contributed by atoms with Crippen molar-refractivity contribution in [2.75, 3.05) is 7.11 Å². The summed E-state index contributed by atoms with van der Waals surface area (Å²) >= 11 is 0. The van der Waals surface area contributed by atoms with Crippen LogP contribution in [0.15, 0.2) is 6.07 Å². The van der Waals surface area contributed by atoms with Gasteiger partial charge in [-0.05, 0) is 28.8 Å². The number of ether oxygens (including phenoxy) is 1. The highest BCUT2D eigenvalue weighted by atomic mass is 28.3. The third-order valence-corrected chi connectivity index (χ3v) is 7.68. The van der Waals surface area contributed by atoms with Gasteiger partial charge in [-0.3, -0.25) is 9.59 Å². The van der Waals surface area contributed by atoms with Crippen molar-refractivity contribution in [2.24, 2.45) is 5.41 Å². The minimum absolute atomic E-state index is 0.0375. The number of rotatable bonds is 4. The summed E-state index contributed by atoms with van der Waals surface area (Å²) in [7, 11) is -1.98. The van der Waals surface area contributed by atoms with Gasteiger partial charge in [-0.25, -0.2) is 0 Å². The smallest absolute Gasteiger partial charge is 0.321 e. The molecular weight excluding hydrogens is 376 g/mol. The topological polar surface area (TPSA) is 83.8 Å². The second-order valence-corrected chi connectivity index (χ2v) is 19.0. The summed E-state index contributed by atoms with van der Waals surface area (Å²) in [5.41, 5.74) is 3.84. The van der Waals surface area contributed by atoms with Crippen LogP contribution in [0, 0.1) is 16.9 Å². The molecule has 0 spiro atoms. The van der Waals surface area contributed by atoms with Gasteiger partial charge in [0.15, 0.2) is 5.41 Å². The molecule has 0 atom stereocenters. The summed E-state index contributed by atoms with van der Waals surface area (Å²) < 4.78 is 5.64. The van der Waals surface area contributed by atoms with E-state index in [-0.39, 0.29) is 12.8 Å². The molecule has 1 aliphatic carbocycles. The van der Waals surface area contributed by atoms with Gasteiger partial charge in [-0.1, -0.05) is 45.2 Å². The molecule has 0 bridgehead atoms. The molecule has 0 fully saturated rings. The van der Waals surface area contributed by atoms with Crippen LogP contribution in [0.4, 0.5) is 0 Å². The van der Waals surface area contributed by atoms with E-state index in [0.717, 1.165) is 21.9 Å². The van der Waals surface area contributed by atoms with E-state index in [1.165, 1.54) is 0 Å². The van der Waals surface area contributed by atoms with E-state index in [1.54, 1.807) is 7.11 Å². The molecule has 7 heteroatoms. The molecule has 0 heterocycles. The van der Waals surface area contributed by atoms with Crippen LogP contribution in [0.5, 0.6) is 5.75 Å². The number of carboxylic acids is 2. The van der Waals surface area contributed by atoms with Gasteiger partial charge in [0.2, 0.25) is 0 Å². The minimum atomic E-state index is -1.89. The quantitative estimate of drug-likeness (QED) is 0.458. The van der Waals surface area contributed by atoms with Crippen molar-refractivity contribution < 1.29 is 24.5 Å². The fraction of sp³-hybridized carbons (Fsp3) is 0.500. The molecule has 0 aliphatic heterocycles. The van der Waals surface area contributed by atoms with E-state index in [4.69, 9.17) is 4.74 Å². The Bertz CT molecular complexity index is 850. The predicted octanol–water partition coefficient (Wildman–Crippen LogP) is 2.72. The van der Waals surface area contributed by atoms with Crippen LogP contribution in [-0.2, 0) is 22.4 Å². The number of benzene rings is 1. The van der Waals surface area contributed by atoms with Crippen LogP contribution in [0.1, 0.15) is 16.7 Å². The highest BCUT2D eigenvalue weighted by Gasteiger charge is 2.52. The lowest BCUT2D eigenvalue weighted by atomic mass is 9.85. The van der Waals surface area contributed by atoms with E-state index < -0.39 is 33.5 Å². The summed E-state index contributed by atoms with van der Waals surface area (Å²) in [4.78, 5) is 23.7. The number of carboxylic acid groups (broad SMARTS) is 2. The average molecular weight is 405 g/mol. The Morgan fingerprint density at radius 1 is 1.07 bits per heavy atom. The van der Waals surface area contributed by atoms with Crippen molar-refractivity contribution >= 4 is 33.3 Å². The summed E-state index contributed by atoms with van der Waals surface area (Å²) in [5.74, 6) is 1.42. The zero-order valence-electron chi connectivity index (χ0n) is 17.1. The normalized spacial score (nSPS) is 15.5. The maximum atomic E-state index is 11.9. The molecule has 0 saturated heterocycles. The fourth-order valence-corrected chi connectivity index (χ4v) is 5.87. The zero-order valence-corrected chi connectivity index (χ0v) is 19.1. The van der Waals surface area contributed by atoms with Gasteiger partial charge in [-0.2, -0.15) is 0 Å². The molecule has 0 unspecified atom stereocenters. The van der Waals surface area contributed by atoms with Gasteiger partial charge in [0.1, 0.15) is 13.8 Å². The fourth-order valence-electron chi connectivity index (χ4n) is 3.49. The number of hydrogen-bond donors (Lipinski definition) is 2. The maximum absolute atomic E-state index is 11.9. The third kappa shape index (κ3) is 3.97. The van der Waals surface area contributed by atoms with Gasteiger partial charge < -0.3 is 14.9 Å². The number of methoxy groups -OCH3 is 1. The number of carbonyl (C=O) groups is 2. The summed E-state index contributed by atoms with van der Waals surface area (Å²) in [5, 5.41) is 20.4. The second kappa shape index (κ2) is 6.84. The molecule has 1 aromatic carbocycles. The van der Waals surface area contributed by atoms with Gasteiger partial charge in [0.25, 0.3) is 0 Å². The van der Waals surface area contributed by atoms with Gasteiger partial charge >= 0.3 is 11.9 Å². The lowest BCUT2D eigenvalue weighted by molar-refractivity contribution is -0.163. The van der Waals surface area contributed by atoms with Crippen molar-refractivity contribution in [1.29, 1.82) is 0 Å². The Balaban J connectivity index is 2.86. The largest absolute Gasteiger partial charge is 0.497 e. The molecule has 2 N–H and O–H groups in total. The molecule has 5 nitrogen and oxygen atoms in total. The molecular formula is C20H28O5Si2. The Morgan fingerprint density at radius 3 is 2.04 bits per heavy atom. The molecule has 0 radical (unpaired) electrons. The van der Waals surface area contributed by atoms with Crippen molar-refractivity contribution in [3.63, 3.8) is 0 Å². The molecule has 2 rings (SSSR count). The highest BCUT2D eigenvalue weighted by Crippen LogP contribution is 2.41. The Labute approximate surface area is 162 Å². The lowest BCUT2D eigenvalue weighted by Gasteiger charge is -2.24. The van der Waals surface area contributed by atoms with E-state index in [9.17, 15) is 19.8 Å². The molecule has 0 aromatic heterocycles. The number of aliphatic carboxylic acids is 2. The first-order valence-corrected chi connectivity index (χ1v) is 16.0. The maximum Gasteiger partial charge on any atom is 0.321 e. The van der Waals surface area contributed by atoms with Gasteiger partial charge in [0, 0.05) is 12.0 Å². The third-order valence-electron chi connectivity index (χ3n) is 4.81. The van der Waals surface area contributed by atoms with Crippen molar-refractivity contribution in [1.82, 2.24) is 0 Å². The molecule has 146 valence electrons. The Morgan fingerprint density at radius 2 is 1.63 bits per heavy atom. The van der Waals surface area contributed by atoms with Crippen LogP contribution in [0.25, 0.3) is 0 Å². The van der Waals surface area contributed by atoms with E-state index in [2.05, 4.69) is 50.7 Å². The van der Waals surface area contributed by atoms with Gasteiger partial charge in [0.05, 0.1) is 15.2 Å². The van der Waals surface area contributed by atoms with Crippen molar-refractivity contribution in [2.45, 2.75) is 52.1 Å². The van der Waals surface area contributed by atoms with E-state index >= 15 is 0 Å². The molecule has 0 amide bonds. The van der Waals surface area contributed by atoms with Crippen LogP contribution in [0.2, 0.25) is 39.3 Å². The first-order valence-electron chi connectivity index (χ1n) is 8.96. The monoisotopic (exact) mass is 404 g/mol. The summed E-state index contributed by atoms with van der Waals surface area (Å²) in [6.45, 7) is 13.0. The Hall–Kier alpha value is -2.05. The van der Waals surface area contributed by atoms with Crippen molar-refractivity contribution in [3.05, 3.63) is 22.8 Å². The lowest BCUT2D eigenvalue weighted by Crippen LogP contribution is -2.42. The first kappa shape index (κ1) is 21.3. The van der Waals surface area contributed by atoms with Crippen molar-refractivity contribution in [3.8, 4) is 17.2 Å². The van der Waals surface area contributed by atoms with Crippen LogP contribution in [0.3, 0.4) is 0 Å². The molecule has 1 aromatic rings. The SMILES string of the molecule is COc1cc2c(c(C#C[Si](C)(C)C)c1[Si](C)(C)C)CC(C(=O)O)(C(=O)O)C2. The van der Waals surface area contributed by atoms with Crippen LogP contribution < -0.4 is 9.92 Å². The molecule has 0 saturated carbocycles. The standard InChI is InChI=1S/C20H28O5Si2/c1-25-16-10-13-11-20(18(21)22,19(23)24)12-15(13)14(8-9-26(2,3)4)17(16)27(5,6)7/h10H,11-12H2,1-7H3,(H,21,22)(H,23,24). The number of hydrogen-bond acceptors (Lipinski definition) is 3. The summed E-state index contributed by atoms with van der Waals surface area (Å²) in [6.07, 6.45) is -0.0822. The first-order chi connectivity index (χ1) is 12.2. The molecule has 1 aliphatic rings. The van der Waals surface area contributed by atoms with Gasteiger partial charge in [-0.15, -0.1) is 5.54 Å². The zero-order chi connectivity index (χ0) is 20.8. The van der Waals surface area contributed by atoms with Crippen LogP contribution >= 0.6 is 0 Å².